The van der Waals surface area contributed by atoms with E-state index in [1.54, 1.807) is 6.20 Å². The van der Waals surface area contributed by atoms with Gasteiger partial charge in [0.1, 0.15) is 0 Å². The smallest absolute Gasteiger partial charge is 0.227 e. The van der Waals surface area contributed by atoms with E-state index in [4.69, 9.17) is 0 Å². The lowest BCUT2D eigenvalue weighted by molar-refractivity contribution is -0.130. The molecule has 0 atom stereocenters. The maximum Gasteiger partial charge on any atom is 0.227 e. The highest BCUT2D eigenvalue weighted by Gasteiger charge is 2.21. The SMILES string of the molecule is Cc1cccc(CC(=O)N2CCN(c3cccnn3)CC2)c1. The van der Waals surface area contributed by atoms with Crippen LogP contribution >= 0.6 is 0 Å². The van der Waals surface area contributed by atoms with E-state index < -0.39 is 0 Å². The summed E-state index contributed by atoms with van der Waals surface area (Å²) in [6.07, 6.45) is 2.15. The van der Waals surface area contributed by atoms with Gasteiger partial charge in [0.15, 0.2) is 5.82 Å². The fourth-order valence-electron chi connectivity index (χ4n) is 2.76. The van der Waals surface area contributed by atoms with Gasteiger partial charge in [-0.15, -0.1) is 5.10 Å². The molecule has 0 radical (unpaired) electrons. The van der Waals surface area contributed by atoms with Crippen LogP contribution in [0.5, 0.6) is 0 Å². The molecule has 5 nitrogen and oxygen atoms in total. The molecular formula is C17H20N4O. The minimum atomic E-state index is 0.199. The molecule has 0 aliphatic carbocycles. The van der Waals surface area contributed by atoms with Crippen molar-refractivity contribution in [1.29, 1.82) is 0 Å². The number of aryl methyl sites for hydroxylation is 1. The second-order valence-corrected chi connectivity index (χ2v) is 5.62. The molecular weight excluding hydrogens is 276 g/mol. The Balaban J connectivity index is 1.56. The van der Waals surface area contributed by atoms with E-state index in [-0.39, 0.29) is 5.91 Å². The predicted molar refractivity (Wildman–Crippen MR) is 85.7 cm³/mol. The lowest BCUT2D eigenvalue weighted by atomic mass is 10.1. The Hall–Kier alpha value is -2.43. The molecule has 0 saturated carbocycles. The van der Waals surface area contributed by atoms with Gasteiger partial charge in [0.05, 0.1) is 6.42 Å². The van der Waals surface area contributed by atoms with E-state index in [1.807, 2.05) is 42.2 Å². The first kappa shape index (κ1) is 14.5. The second-order valence-electron chi connectivity index (χ2n) is 5.62. The van der Waals surface area contributed by atoms with Gasteiger partial charge in [-0.3, -0.25) is 4.79 Å². The average Bonchev–Trinajstić information content (AvgIpc) is 2.56. The van der Waals surface area contributed by atoms with Crippen LogP contribution in [0.4, 0.5) is 5.82 Å². The Bertz CT molecular complexity index is 636. The summed E-state index contributed by atoms with van der Waals surface area (Å²) < 4.78 is 0. The normalized spacial score (nSPS) is 15.0. The molecule has 2 heterocycles. The summed E-state index contributed by atoms with van der Waals surface area (Å²) in [5.41, 5.74) is 2.28. The van der Waals surface area contributed by atoms with Crippen LogP contribution in [0.15, 0.2) is 42.6 Å². The fourth-order valence-corrected chi connectivity index (χ4v) is 2.76. The van der Waals surface area contributed by atoms with E-state index >= 15 is 0 Å². The van der Waals surface area contributed by atoms with Crippen LogP contribution in [0.2, 0.25) is 0 Å². The molecule has 1 fully saturated rings. The first-order chi connectivity index (χ1) is 10.7. The molecule has 5 heteroatoms. The van der Waals surface area contributed by atoms with Crippen LogP contribution in [0.1, 0.15) is 11.1 Å². The van der Waals surface area contributed by atoms with E-state index in [9.17, 15) is 4.79 Å². The summed E-state index contributed by atoms with van der Waals surface area (Å²) in [7, 11) is 0. The lowest BCUT2D eigenvalue weighted by Crippen LogP contribution is -2.49. The Kier molecular flexibility index (Phi) is 4.32. The zero-order valence-electron chi connectivity index (χ0n) is 12.8. The largest absolute Gasteiger partial charge is 0.352 e. The number of carbonyl (C=O) groups excluding carboxylic acids is 1. The van der Waals surface area contributed by atoms with E-state index in [2.05, 4.69) is 21.2 Å². The summed E-state index contributed by atoms with van der Waals surface area (Å²) in [6.45, 7) is 5.13. The van der Waals surface area contributed by atoms with Gasteiger partial charge in [0.2, 0.25) is 5.91 Å². The van der Waals surface area contributed by atoms with Gasteiger partial charge in [-0.25, -0.2) is 0 Å². The molecule has 0 spiro atoms. The highest BCUT2D eigenvalue weighted by atomic mass is 16.2. The zero-order valence-corrected chi connectivity index (χ0v) is 12.8. The lowest BCUT2D eigenvalue weighted by Gasteiger charge is -2.35. The molecule has 0 unspecified atom stereocenters. The number of nitrogens with zero attached hydrogens (tertiary/aromatic N) is 4. The van der Waals surface area contributed by atoms with Crippen LogP contribution < -0.4 is 4.90 Å². The molecule has 1 aromatic heterocycles. The molecule has 3 rings (SSSR count). The number of aromatic nitrogens is 2. The molecule has 1 aromatic carbocycles. The summed E-state index contributed by atoms with van der Waals surface area (Å²) >= 11 is 0. The van der Waals surface area contributed by atoms with Crippen molar-refractivity contribution < 1.29 is 4.79 Å². The topological polar surface area (TPSA) is 49.3 Å². The van der Waals surface area contributed by atoms with Crippen LogP contribution in [0.3, 0.4) is 0 Å². The number of hydrogen-bond donors (Lipinski definition) is 0. The number of hydrogen-bond acceptors (Lipinski definition) is 4. The van der Waals surface area contributed by atoms with Crippen LogP contribution in [-0.2, 0) is 11.2 Å². The van der Waals surface area contributed by atoms with Crippen molar-refractivity contribution >= 4 is 11.7 Å². The van der Waals surface area contributed by atoms with E-state index in [0.29, 0.717) is 6.42 Å². The second kappa shape index (κ2) is 6.56. The standard InChI is InChI=1S/C17H20N4O/c1-14-4-2-5-15(12-14)13-17(22)21-10-8-20(9-11-21)16-6-3-7-18-19-16/h2-7,12H,8-11,13H2,1H3. The van der Waals surface area contributed by atoms with Gasteiger partial charge < -0.3 is 9.80 Å². The van der Waals surface area contributed by atoms with Gasteiger partial charge in [0, 0.05) is 32.4 Å². The molecule has 1 saturated heterocycles. The van der Waals surface area contributed by atoms with Crippen molar-refractivity contribution in [3.05, 3.63) is 53.7 Å². The van der Waals surface area contributed by atoms with Crippen LogP contribution in [0.25, 0.3) is 0 Å². The minimum absolute atomic E-state index is 0.199. The molecule has 0 N–H and O–H groups in total. The first-order valence-electron chi connectivity index (χ1n) is 7.58. The molecule has 1 aliphatic rings. The quantitative estimate of drug-likeness (QED) is 0.864. The minimum Gasteiger partial charge on any atom is -0.352 e. The maximum absolute atomic E-state index is 12.4. The fraction of sp³-hybridized carbons (Fsp3) is 0.353. The number of carbonyl (C=O) groups is 1. The number of piperazine rings is 1. The van der Waals surface area contributed by atoms with Gasteiger partial charge in [-0.1, -0.05) is 29.8 Å². The van der Waals surface area contributed by atoms with Crippen LogP contribution in [-0.4, -0.2) is 47.2 Å². The summed E-state index contributed by atoms with van der Waals surface area (Å²) in [6, 6.07) is 12.0. The monoisotopic (exact) mass is 296 g/mol. The van der Waals surface area contributed by atoms with Crippen molar-refractivity contribution in [2.45, 2.75) is 13.3 Å². The van der Waals surface area contributed by atoms with Gasteiger partial charge >= 0.3 is 0 Å². The van der Waals surface area contributed by atoms with Gasteiger partial charge in [-0.05, 0) is 24.6 Å². The van der Waals surface area contributed by atoms with E-state index in [0.717, 1.165) is 37.6 Å². The Morgan fingerprint density at radius 2 is 1.95 bits per heavy atom. The third-order valence-electron chi connectivity index (χ3n) is 3.95. The molecule has 2 aromatic rings. The van der Waals surface area contributed by atoms with E-state index in [1.165, 1.54) is 5.56 Å². The number of benzene rings is 1. The highest BCUT2D eigenvalue weighted by molar-refractivity contribution is 5.79. The van der Waals surface area contributed by atoms with Crippen molar-refractivity contribution in [2.75, 3.05) is 31.1 Å². The highest BCUT2D eigenvalue weighted by Crippen LogP contribution is 2.13. The molecule has 114 valence electrons. The molecule has 1 amide bonds. The van der Waals surface area contributed by atoms with Gasteiger partial charge in [-0.2, -0.15) is 5.10 Å². The Morgan fingerprint density at radius 1 is 1.14 bits per heavy atom. The Morgan fingerprint density at radius 3 is 2.64 bits per heavy atom. The zero-order chi connectivity index (χ0) is 15.4. The molecule has 0 bridgehead atoms. The van der Waals surface area contributed by atoms with Crippen molar-refractivity contribution in [3.8, 4) is 0 Å². The van der Waals surface area contributed by atoms with Crippen molar-refractivity contribution in [3.63, 3.8) is 0 Å². The summed E-state index contributed by atoms with van der Waals surface area (Å²) in [5, 5.41) is 8.03. The first-order valence-corrected chi connectivity index (χ1v) is 7.58. The van der Waals surface area contributed by atoms with Crippen molar-refractivity contribution in [1.82, 2.24) is 15.1 Å². The number of rotatable bonds is 3. The third kappa shape index (κ3) is 3.42. The molecule has 22 heavy (non-hydrogen) atoms. The number of anilines is 1. The third-order valence-corrected chi connectivity index (χ3v) is 3.95. The average molecular weight is 296 g/mol. The molecule has 1 aliphatic heterocycles. The summed E-state index contributed by atoms with van der Waals surface area (Å²) in [4.78, 5) is 16.5. The maximum atomic E-state index is 12.4. The van der Waals surface area contributed by atoms with Gasteiger partial charge in [0.25, 0.3) is 0 Å². The number of amides is 1. The summed E-state index contributed by atoms with van der Waals surface area (Å²) in [5.74, 6) is 1.08. The Labute approximate surface area is 130 Å². The van der Waals surface area contributed by atoms with Crippen molar-refractivity contribution in [2.24, 2.45) is 0 Å². The van der Waals surface area contributed by atoms with Crippen LogP contribution in [0, 0.1) is 6.92 Å². The predicted octanol–water partition coefficient (Wildman–Crippen LogP) is 1.68.